The average Bonchev–Trinajstić information content (AvgIpc) is 3.29. The number of thiazole rings is 1. The van der Waals surface area contributed by atoms with Crippen LogP contribution in [0.2, 0.25) is 0 Å². The monoisotopic (exact) mass is 394 g/mol. The van der Waals surface area contributed by atoms with Crippen molar-refractivity contribution in [2.75, 3.05) is 12.4 Å². The van der Waals surface area contributed by atoms with Crippen molar-refractivity contribution in [2.24, 2.45) is 0 Å². The average molecular weight is 394 g/mol. The first kappa shape index (κ1) is 18.1. The zero-order valence-electron chi connectivity index (χ0n) is 15.6. The van der Waals surface area contributed by atoms with Crippen molar-refractivity contribution in [1.29, 1.82) is 0 Å². The molecular weight excluding hydrogens is 376 g/mol. The molecular formula is C19H18N6O2S. The molecule has 0 saturated carbocycles. The summed E-state index contributed by atoms with van der Waals surface area (Å²) in [4.78, 5) is 26.3. The first-order valence-electron chi connectivity index (χ1n) is 8.62. The lowest BCUT2D eigenvalue weighted by molar-refractivity contribution is 0.101. The number of amides is 1. The first-order valence-corrected chi connectivity index (χ1v) is 9.43. The summed E-state index contributed by atoms with van der Waals surface area (Å²) in [5.74, 6) is 0.879. The van der Waals surface area contributed by atoms with E-state index in [4.69, 9.17) is 4.74 Å². The minimum Gasteiger partial charge on any atom is -0.497 e. The number of aromatic nitrogens is 5. The minimum atomic E-state index is -0.409. The van der Waals surface area contributed by atoms with E-state index in [1.807, 2.05) is 44.2 Å². The summed E-state index contributed by atoms with van der Waals surface area (Å²) >= 11 is 1.42. The van der Waals surface area contributed by atoms with E-state index in [2.05, 4.69) is 25.4 Å². The van der Waals surface area contributed by atoms with Gasteiger partial charge in [0.1, 0.15) is 5.75 Å². The Hall–Kier alpha value is -3.33. The zero-order valence-corrected chi connectivity index (χ0v) is 16.4. The molecule has 0 unspecified atom stereocenters. The highest BCUT2D eigenvalue weighted by atomic mass is 32.1. The number of aryl methyl sites for hydroxylation is 2. The Morgan fingerprint density at radius 3 is 2.75 bits per heavy atom. The summed E-state index contributed by atoms with van der Waals surface area (Å²) in [6.07, 6.45) is 2.49. The third kappa shape index (κ3) is 3.70. The molecule has 4 rings (SSSR count). The topological polar surface area (TPSA) is 94.3 Å². The molecule has 0 spiro atoms. The van der Waals surface area contributed by atoms with Crippen LogP contribution in [0, 0.1) is 13.8 Å². The standard InChI is InChI=1S/C19H18N6O2S/c1-11-8-12(2)25-18(21-11)22-16(24-25)17(26)23-19-20-10-15(28-19)9-13-4-6-14(27-3)7-5-13/h4-8,10H,9H2,1-3H3,(H,20,23,26). The van der Waals surface area contributed by atoms with Crippen LogP contribution < -0.4 is 10.1 Å². The molecule has 0 radical (unpaired) electrons. The highest BCUT2D eigenvalue weighted by molar-refractivity contribution is 7.15. The second-order valence-corrected chi connectivity index (χ2v) is 7.41. The normalized spacial score (nSPS) is 11.0. The van der Waals surface area contributed by atoms with E-state index in [9.17, 15) is 4.79 Å². The summed E-state index contributed by atoms with van der Waals surface area (Å²) in [7, 11) is 1.64. The molecule has 9 heteroatoms. The number of carbonyl (C=O) groups excluding carboxylic acids is 1. The zero-order chi connectivity index (χ0) is 19.7. The fourth-order valence-electron chi connectivity index (χ4n) is 2.81. The SMILES string of the molecule is COc1ccc(Cc2cnc(NC(=O)c3nc4nc(C)cc(C)n4n3)s2)cc1. The third-order valence-electron chi connectivity index (χ3n) is 4.13. The Labute approximate surface area is 165 Å². The molecule has 0 aliphatic carbocycles. The van der Waals surface area contributed by atoms with Gasteiger partial charge in [-0.05, 0) is 37.6 Å². The van der Waals surface area contributed by atoms with Gasteiger partial charge in [0.05, 0.1) is 7.11 Å². The van der Waals surface area contributed by atoms with Crippen LogP contribution in [-0.2, 0) is 6.42 Å². The van der Waals surface area contributed by atoms with Gasteiger partial charge in [0.2, 0.25) is 5.82 Å². The maximum Gasteiger partial charge on any atom is 0.297 e. The van der Waals surface area contributed by atoms with Gasteiger partial charge >= 0.3 is 0 Å². The van der Waals surface area contributed by atoms with Gasteiger partial charge in [-0.15, -0.1) is 16.4 Å². The van der Waals surface area contributed by atoms with Gasteiger partial charge in [0, 0.05) is 28.9 Å². The van der Waals surface area contributed by atoms with Crippen molar-refractivity contribution >= 4 is 28.2 Å². The Morgan fingerprint density at radius 1 is 1.21 bits per heavy atom. The summed E-state index contributed by atoms with van der Waals surface area (Å²) in [5, 5.41) is 7.50. The molecule has 1 N–H and O–H groups in total. The van der Waals surface area contributed by atoms with Crippen LogP contribution in [-0.4, -0.2) is 37.6 Å². The van der Waals surface area contributed by atoms with E-state index >= 15 is 0 Å². The fraction of sp³-hybridized carbons (Fsp3) is 0.211. The number of ether oxygens (including phenoxy) is 1. The Kier molecular flexibility index (Phi) is 4.74. The molecule has 142 valence electrons. The minimum absolute atomic E-state index is 0.0631. The lowest BCUT2D eigenvalue weighted by Gasteiger charge is -2.01. The van der Waals surface area contributed by atoms with Gasteiger partial charge in [-0.2, -0.15) is 4.98 Å². The molecule has 1 aromatic carbocycles. The fourth-order valence-corrected chi connectivity index (χ4v) is 3.65. The Morgan fingerprint density at radius 2 is 2.00 bits per heavy atom. The van der Waals surface area contributed by atoms with Gasteiger partial charge in [-0.25, -0.2) is 14.5 Å². The van der Waals surface area contributed by atoms with Crippen molar-refractivity contribution in [2.45, 2.75) is 20.3 Å². The third-order valence-corrected chi connectivity index (χ3v) is 5.05. The lowest BCUT2D eigenvalue weighted by atomic mass is 10.1. The van der Waals surface area contributed by atoms with E-state index < -0.39 is 5.91 Å². The van der Waals surface area contributed by atoms with Crippen molar-refractivity contribution in [1.82, 2.24) is 24.6 Å². The van der Waals surface area contributed by atoms with E-state index in [1.54, 1.807) is 17.8 Å². The van der Waals surface area contributed by atoms with Gasteiger partial charge in [0.25, 0.3) is 11.7 Å². The molecule has 0 aliphatic rings. The van der Waals surface area contributed by atoms with E-state index in [0.717, 1.165) is 34.0 Å². The Bertz CT molecular complexity index is 1150. The number of anilines is 1. The molecule has 0 aliphatic heterocycles. The van der Waals surface area contributed by atoms with Crippen LogP contribution in [0.5, 0.6) is 5.75 Å². The molecule has 4 aromatic rings. The predicted molar refractivity (Wildman–Crippen MR) is 106 cm³/mol. The van der Waals surface area contributed by atoms with E-state index in [-0.39, 0.29) is 5.82 Å². The quantitative estimate of drug-likeness (QED) is 0.559. The van der Waals surface area contributed by atoms with Gasteiger partial charge in [-0.1, -0.05) is 12.1 Å². The highest BCUT2D eigenvalue weighted by Crippen LogP contribution is 2.22. The van der Waals surface area contributed by atoms with E-state index in [0.29, 0.717) is 10.9 Å². The molecule has 3 heterocycles. The van der Waals surface area contributed by atoms with Crippen LogP contribution in [0.3, 0.4) is 0 Å². The molecule has 0 saturated heterocycles. The number of carbonyl (C=O) groups is 1. The highest BCUT2D eigenvalue weighted by Gasteiger charge is 2.16. The van der Waals surface area contributed by atoms with Crippen molar-refractivity contribution < 1.29 is 9.53 Å². The number of rotatable bonds is 5. The first-order chi connectivity index (χ1) is 13.5. The molecule has 8 nitrogen and oxygen atoms in total. The largest absolute Gasteiger partial charge is 0.497 e. The van der Waals surface area contributed by atoms with Crippen LogP contribution in [0.25, 0.3) is 5.78 Å². The second-order valence-electron chi connectivity index (χ2n) is 6.30. The van der Waals surface area contributed by atoms with Crippen molar-refractivity contribution in [3.63, 3.8) is 0 Å². The lowest BCUT2D eigenvalue weighted by Crippen LogP contribution is -2.13. The van der Waals surface area contributed by atoms with Crippen LogP contribution in [0.1, 0.15) is 32.4 Å². The van der Waals surface area contributed by atoms with Crippen LogP contribution in [0.15, 0.2) is 36.5 Å². The van der Waals surface area contributed by atoms with Crippen LogP contribution in [0.4, 0.5) is 5.13 Å². The van der Waals surface area contributed by atoms with Crippen LogP contribution >= 0.6 is 11.3 Å². The van der Waals surface area contributed by atoms with Crippen molar-refractivity contribution in [3.05, 3.63) is 64.2 Å². The smallest absolute Gasteiger partial charge is 0.297 e. The van der Waals surface area contributed by atoms with Gasteiger partial charge in [-0.3, -0.25) is 10.1 Å². The van der Waals surface area contributed by atoms with E-state index in [1.165, 1.54) is 11.3 Å². The number of hydrogen-bond donors (Lipinski definition) is 1. The molecule has 1 amide bonds. The molecule has 3 aromatic heterocycles. The van der Waals surface area contributed by atoms with Gasteiger partial charge < -0.3 is 4.74 Å². The summed E-state index contributed by atoms with van der Waals surface area (Å²) in [6.45, 7) is 3.77. The number of methoxy groups -OCH3 is 1. The number of nitrogens with one attached hydrogen (secondary N) is 1. The molecule has 0 fully saturated rings. The summed E-state index contributed by atoms with van der Waals surface area (Å²) in [6, 6.07) is 9.75. The number of nitrogens with zero attached hydrogens (tertiary/aromatic N) is 5. The Balaban J connectivity index is 1.47. The maximum atomic E-state index is 12.5. The summed E-state index contributed by atoms with van der Waals surface area (Å²) < 4.78 is 6.72. The predicted octanol–water partition coefficient (Wildman–Crippen LogP) is 3.05. The maximum absolute atomic E-state index is 12.5. The number of benzene rings is 1. The molecule has 0 bridgehead atoms. The number of fused-ring (bicyclic) bond motifs is 1. The summed E-state index contributed by atoms with van der Waals surface area (Å²) in [5.41, 5.74) is 2.83. The number of hydrogen-bond acceptors (Lipinski definition) is 7. The van der Waals surface area contributed by atoms with Crippen molar-refractivity contribution in [3.8, 4) is 5.75 Å². The van der Waals surface area contributed by atoms with Gasteiger partial charge in [0.15, 0.2) is 5.13 Å². The molecule has 0 atom stereocenters. The second kappa shape index (κ2) is 7.35. The molecule has 28 heavy (non-hydrogen) atoms.